The predicted molar refractivity (Wildman–Crippen MR) is 60.1 cm³/mol. The van der Waals surface area contributed by atoms with E-state index >= 15 is 0 Å². The molecule has 0 amide bonds. The first-order valence-corrected chi connectivity index (χ1v) is 5.84. The first-order chi connectivity index (χ1) is 6.83. The molecule has 0 fully saturated rings. The van der Waals surface area contributed by atoms with Crippen LogP contribution in [-0.4, -0.2) is 18.5 Å². The summed E-state index contributed by atoms with van der Waals surface area (Å²) in [5.41, 5.74) is 1.39. The summed E-state index contributed by atoms with van der Waals surface area (Å²) in [4.78, 5) is 2.30. The summed E-state index contributed by atoms with van der Waals surface area (Å²) in [5, 5.41) is 12.7. The average molecular weight is 208 g/mol. The fourth-order valence-electron chi connectivity index (χ4n) is 1.36. The van der Waals surface area contributed by atoms with Crippen molar-refractivity contribution in [2.45, 2.75) is 25.8 Å². The Balaban J connectivity index is 2.11. The molecule has 1 aromatic rings. The van der Waals surface area contributed by atoms with E-state index in [9.17, 15) is 0 Å². The zero-order valence-corrected chi connectivity index (χ0v) is 9.39. The lowest BCUT2D eigenvalue weighted by molar-refractivity contribution is 0.319. The highest BCUT2D eigenvalue weighted by atomic mass is 32.1. The highest BCUT2D eigenvalue weighted by Crippen LogP contribution is 2.08. The molecule has 0 aliphatic carbocycles. The van der Waals surface area contributed by atoms with Gasteiger partial charge in [-0.25, -0.2) is 0 Å². The number of nitrogens with zero attached hydrogens (tertiary/aromatic N) is 2. The third kappa shape index (κ3) is 4.40. The maximum Gasteiger partial charge on any atom is 0.0621 e. The number of thiophene rings is 1. The van der Waals surface area contributed by atoms with E-state index < -0.39 is 0 Å². The molecule has 14 heavy (non-hydrogen) atoms. The summed E-state index contributed by atoms with van der Waals surface area (Å²) in [6.45, 7) is 2.10. The Bertz CT molecular complexity index is 274. The summed E-state index contributed by atoms with van der Waals surface area (Å²) in [7, 11) is 2.13. The van der Waals surface area contributed by atoms with E-state index in [1.807, 2.05) is 0 Å². The van der Waals surface area contributed by atoms with Gasteiger partial charge in [-0.3, -0.25) is 0 Å². The van der Waals surface area contributed by atoms with Gasteiger partial charge in [0.1, 0.15) is 0 Å². The van der Waals surface area contributed by atoms with E-state index in [1.54, 1.807) is 11.3 Å². The van der Waals surface area contributed by atoms with E-state index in [2.05, 4.69) is 34.8 Å². The molecule has 1 rings (SSSR count). The minimum Gasteiger partial charge on any atom is -0.302 e. The molecule has 0 atom stereocenters. The number of nitriles is 1. The van der Waals surface area contributed by atoms with Gasteiger partial charge in [-0.05, 0) is 48.8 Å². The van der Waals surface area contributed by atoms with Crippen LogP contribution in [0.2, 0.25) is 0 Å². The molecule has 0 bridgehead atoms. The van der Waals surface area contributed by atoms with Gasteiger partial charge in [0.25, 0.3) is 0 Å². The Morgan fingerprint density at radius 1 is 1.50 bits per heavy atom. The zero-order valence-electron chi connectivity index (χ0n) is 8.57. The SMILES string of the molecule is CN(CCCCC#N)Cc1ccsc1. The molecule has 0 saturated heterocycles. The molecule has 0 saturated carbocycles. The van der Waals surface area contributed by atoms with Crippen molar-refractivity contribution < 1.29 is 0 Å². The van der Waals surface area contributed by atoms with Crippen molar-refractivity contribution in [3.05, 3.63) is 22.4 Å². The summed E-state index contributed by atoms with van der Waals surface area (Å²) < 4.78 is 0. The second kappa shape index (κ2) is 6.58. The van der Waals surface area contributed by atoms with Crippen LogP contribution in [0.1, 0.15) is 24.8 Å². The Labute approximate surface area is 89.8 Å². The van der Waals surface area contributed by atoms with E-state index in [-0.39, 0.29) is 0 Å². The minimum absolute atomic E-state index is 0.687. The van der Waals surface area contributed by atoms with Crippen LogP contribution in [0.5, 0.6) is 0 Å². The molecule has 0 aromatic carbocycles. The summed E-state index contributed by atoms with van der Waals surface area (Å²) in [6.07, 6.45) is 2.82. The molecule has 0 unspecified atom stereocenters. The Morgan fingerprint density at radius 3 is 3.00 bits per heavy atom. The summed E-state index contributed by atoms with van der Waals surface area (Å²) in [6, 6.07) is 4.33. The molecule has 1 aromatic heterocycles. The van der Waals surface area contributed by atoms with E-state index in [0.717, 1.165) is 25.9 Å². The third-order valence-corrected chi connectivity index (χ3v) is 2.84. The molecule has 0 radical (unpaired) electrons. The van der Waals surface area contributed by atoms with Crippen LogP contribution in [0.3, 0.4) is 0 Å². The van der Waals surface area contributed by atoms with Gasteiger partial charge in [0, 0.05) is 13.0 Å². The summed E-state index contributed by atoms with van der Waals surface area (Å²) in [5.74, 6) is 0. The number of hydrogen-bond acceptors (Lipinski definition) is 3. The van der Waals surface area contributed by atoms with Gasteiger partial charge in [-0.2, -0.15) is 16.6 Å². The molecule has 0 N–H and O–H groups in total. The highest BCUT2D eigenvalue weighted by molar-refractivity contribution is 7.07. The lowest BCUT2D eigenvalue weighted by Crippen LogP contribution is -2.18. The largest absolute Gasteiger partial charge is 0.302 e. The maximum atomic E-state index is 8.38. The van der Waals surface area contributed by atoms with Crippen LogP contribution in [0.25, 0.3) is 0 Å². The average Bonchev–Trinajstić information content (AvgIpc) is 2.65. The van der Waals surface area contributed by atoms with Gasteiger partial charge in [0.2, 0.25) is 0 Å². The fourth-order valence-corrected chi connectivity index (χ4v) is 2.02. The Morgan fingerprint density at radius 2 is 2.36 bits per heavy atom. The van der Waals surface area contributed by atoms with Crippen LogP contribution in [0.4, 0.5) is 0 Å². The molecule has 76 valence electrons. The second-order valence-corrected chi connectivity index (χ2v) is 4.26. The molecule has 1 heterocycles. The minimum atomic E-state index is 0.687. The molecule has 0 aliphatic rings. The fraction of sp³-hybridized carbons (Fsp3) is 0.545. The molecule has 0 aliphatic heterocycles. The van der Waals surface area contributed by atoms with Crippen LogP contribution < -0.4 is 0 Å². The third-order valence-electron chi connectivity index (χ3n) is 2.11. The Hall–Kier alpha value is -0.850. The van der Waals surface area contributed by atoms with Gasteiger partial charge in [-0.1, -0.05) is 0 Å². The number of unbranched alkanes of at least 4 members (excludes halogenated alkanes) is 2. The van der Waals surface area contributed by atoms with Crippen molar-refractivity contribution in [1.29, 1.82) is 5.26 Å². The van der Waals surface area contributed by atoms with Crippen molar-refractivity contribution in [3.63, 3.8) is 0 Å². The second-order valence-electron chi connectivity index (χ2n) is 3.48. The molecule has 2 nitrogen and oxygen atoms in total. The lowest BCUT2D eigenvalue weighted by Gasteiger charge is -2.14. The first kappa shape index (κ1) is 11.2. The molecule has 0 spiro atoms. The van der Waals surface area contributed by atoms with Crippen molar-refractivity contribution in [1.82, 2.24) is 4.90 Å². The van der Waals surface area contributed by atoms with Crippen molar-refractivity contribution >= 4 is 11.3 Å². The smallest absolute Gasteiger partial charge is 0.0621 e. The van der Waals surface area contributed by atoms with Crippen LogP contribution >= 0.6 is 11.3 Å². The molecular formula is C11H16N2S. The predicted octanol–water partition coefficient (Wildman–Crippen LogP) is 2.87. The lowest BCUT2D eigenvalue weighted by atomic mass is 10.2. The van der Waals surface area contributed by atoms with Crippen LogP contribution in [0.15, 0.2) is 16.8 Å². The molecular weight excluding hydrogens is 192 g/mol. The molecule has 3 heteroatoms. The van der Waals surface area contributed by atoms with E-state index in [4.69, 9.17) is 5.26 Å². The Kier molecular flexibility index (Phi) is 5.28. The van der Waals surface area contributed by atoms with Gasteiger partial charge in [-0.15, -0.1) is 0 Å². The number of hydrogen-bond donors (Lipinski definition) is 0. The van der Waals surface area contributed by atoms with Gasteiger partial charge >= 0.3 is 0 Å². The normalized spacial score (nSPS) is 10.4. The van der Waals surface area contributed by atoms with Crippen molar-refractivity contribution in [3.8, 4) is 6.07 Å². The zero-order chi connectivity index (χ0) is 10.2. The van der Waals surface area contributed by atoms with Gasteiger partial charge in [0.15, 0.2) is 0 Å². The summed E-state index contributed by atoms with van der Waals surface area (Å²) >= 11 is 1.74. The number of rotatable bonds is 6. The topological polar surface area (TPSA) is 27.0 Å². The van der Waals surface area contributed by atoms with Crippen LogP contribution in [-0.2, 0) is 6.54 Å². The maximum absolute atomic E-state index is 8.38. The standard InChI is InChI=1S/C11H16N2S/c1-13(7-4-2-3-6-12)9-11-5-8-14-10-11/h5,8,10H,2-4,7,9H2,1H3. The highest BCUT2D eigenvalue weighted by Gasteiger charge is 1.99. The van der Waals surface area contributed by atoms with Gasteiger partial charge < -0.3 is 4.90 Å². The van der Waals surface area contributed by atoms with Crippen molar-refractivity contribution in [2.24, 2.45) is 0 Å². The van der Waals surface area contributed by atoms with E-state index in [1.165, 1.54) is 5.56 Å². The van der Waals surface area contributed by atoms with Gasteiger partial charge in [0.05, 0.1) is 6.07 Å². The van der Waals surface area contributed by atoms with Crippen LogP contribution in [0, 0.1) is 11.3 Å². The van der Waals surface area contributed by atoms with Crippen molar-refractivity contribution in [2.75, 3.05) is 13.6 Å². The monoisotopic (exact) mass is 208 g/mol. The first-order valence-electron chi connectivity index (χ1n) is 4.89. The quantitative estimate of drug-likeness (QED) is 0.672. The van der Waals surface area contributed by atoms with E-state index in [0.29, 0.717) is 6.42 Å².